The second-order valence-corrected chi connectivity index (χ2v) is 17.1. The summed E-state index contributed by atoms with van der Waals surface area (Å²) in [5.74, 6) is 1.76. The average Bonchev–Trinajstić information content (AvgIpc) is 3.96. The maximum Gasteiger partial charge on any atom is 0.137 e. The van der Waals surface area contributed by atoms with E-state index in [0.717, 1.165) is 55.6 Å². The number of rotatable bonds is 3. The van der Waals surface area contributed by atoms with Gasteiger partial charge in [0.05, 0.1) is 28.1 Å². The number of pyridine rings is 1. The van der Waals surface area contributed by atoms with Crippen LogP contribution in [0.3, 0.4) is 0 Å². The molecule has 8 aromatic carbocycles. The highest BCUT2D eigenvalue weighted by Crippen LogP contribution is 2.52. The molecular formula is C60H48N4O2. The van der Waals surface area contributed by atoms with Crippen LogP contribution in [0.25, 0.3) is 61.0 Å². The maximum atomic E-state index is 9.53. The van der Waals surface area contributed by atoms with Gasteiger partial charge in [-0.1, -0.05) is 123 Å². The van der Waals surface area contributed by atoms with E-state index < -0.39 is 26.0 Å². The SMILES string of the molecule is [2H]C([2H])([2H])c1ccc2cc1Oc1ccc3c4ccccc4n(c3c1)-c1cc(C([2H])([2H])C(C)C)c(cn1)-c1ccc(cc1)Oc1ccccc1-c1cccc(-c3ccccc3C([2H])([2H])[2H])c1N1CN2c2ccccc21. The topological polar surface area (TPSA) is 42.8 Å². The van der Waals surface area contributed by atoms with Crippen LogP contribution in [-0.2, 0) is 6.37 Å². The molecule has 4 aliphatic rings. The molecule has 14 rings (SSSR count). The number of ether oxygens (including phenoxy) is 2. The lowest BCUT2D eigenvalue weighted by molar-refractivity contribution is 0.479. The Labute approximate surface area is 396 Å². The van der Waals surface area contributed by atoms with E-state index >= 15 is 0 Å². The highest BCUT2D eigenvalue weighted by atomic mass is 16.5. The Kier molecular flexibility index (Phi) is 7.62. The van der Waals surface area contributed by atoms with Crippen molar-refractivity contribution < 1.29 is 20.4 Å². The molecule has 6 nitrogen and oxygen atoms in total. The van der Waals surface area contributed by atoms with Gasteiger partial charge in [-0.15, -0.1) is 0 Å². The second kappa shape index (κ2) is 15.9. The van der Waals surface area contributed by atoms with Crippen LogP contribution in [0, 0.1) is 19.6 Å². The van der Waals surface area contributed by atoms with Crippen molar-refractivity contribution in [2.24, 2.45) is 5.92 Å². The minimum absolute atomic E-state index is 0.0313. The fourth-order valence-corrected chi connectivity index (χ4v) is 9.60. The molecule has 10 aromatic rings. The minimum Gasteiger partial charge on any atom is -0.457 e. The fraction of sp³-hybridized carbons (Fsp3) is 0.117. The summed E-state index contributed by atoms with van der Waals surface area (Å²) in [7, 11) is 0. The molecule has 0 spiro atoms. The smallest absolute Gasteiger partial charge is 0.137 e. The summed E-state index contributed by atoms with van der Waals surface area (Å²) >= 11 is 0. The average molecular weight is 865 g/mol. The number of aromatic nitrogens is 2. The first-order valence-electron chi connectivity index (χ1n) is 26.2. The van der Waals surface area contributed by atoms with Gasteiger partial charge in [-0.3, -0.25) is 4.57 Å². The number of hydrogen-bond donors (Lipinski definition) is 0. The molecule has 10 bridgehead atoms. The molecule has 0 amide bonds. The number of anilines is 4. The van der Waals surface area contributed by atoms with Gasteiger partial charge in [-0.25, -0.2) is 4.98 Å². The van der Waals surface area contributed by atoms with Crippen molar-refractivity contribution in [1.29, 1.82) is 0 Å². The van der Waals surface area contributed by atoms with Gasteiger partial charge in [-0.2, -0.15) is 0 Å². The van der Waals surface area contributed by atoms with Crippen molar-refractivity contribution in [2.45, 2.75) is 33.9 Å². The maximum absolute atomic E-state index is 9.53. The first-order chi connectivity index (χ1) is 35.5. The summed E-state index contributed by atoms with van der Waals surface area (Å²) < 4.78 is 86.7. The fourth-order valence-electron chi connectivity index (χ4n) is 9.60. The first-order valence-corrected chi connectivity index (χ1v) is 22.2. The number of fused-ring (bicyclic) bond motifs is 5. The van der Waals surface area contributed by atoms with Crippen LogP contribution in [0.1, 0.15) is 41.5 Å². The first kappa shape index (κ1) is 31.7. The lowest BCUT2D eigenvalue weighted by Gasteiger charge is -2.28. The molecule has 4 aliphatic heterocycles. The zero-order valence-corrected chi connectivity index (χ0v) is 36.3. The van der Waals surface area contributed by atoms with Crippen molar-refractivity contribution in [3.05, 3.63) is 205 Å². The molecule has 66 heavy (non-hydrogen) atoms. The molecule has 0 saturated carbocycles. The summed E-state index contributed by atoms with van der Waals surface area (Å²) in [5.41, 5.74) is 9.56. The van der Waals surface area contributed by atoms with E-state index in [-0.39, 0.29) is 23.5 Å². The van der Waals surface area contributed by atoms with Crippen LogP contribution in [0.4, 0.5) is 22.7 Å². The Morgan fingerprint density at radius 1 is 0.561 bits per heavy atom. The van der Waals surface area contributed by atoms with E-state index in [1.54, 1.807) is 36.5 Å². The Hall–Kier alpha value is -8.09. The minimum atomic E-state index is -2.54. The van der Waals surface area contributed by atoms with Crippen molar-refractivity contribution in [1.82, 2.24) is 9.55 Å². The number of benzene rings is 8. The third kappa shape index (κ3) is 6.68. The zero-order chi connectivity index (χ0) is 51.3. The highest BCUT2D eigenvalue weighted by Gasteiger charge is 2.32. The van der Waals surface area contributed by atoms with Gasteiger partial charge in [0.2, 0.25) is 0 Å². The van der Waals surface area contributed by atoms with E-state index in [4.69, 9.17) is 22.7 Å². The van der Waals surface area contributed by atoms with Crippen molar-refractivity contribution in [2.75, 3.05) is 16.5 Å². The van der Waals surface area contributed by atoms with Crippen molar-refractivity contribution >= 4 is 44.6 Å². The van der Waals surface area contributed by atoms with E-state index in [1.807, 2.05) is 170 Å². The predicted molar refractivity (Wildman–Crippen MR) is 272 cm³/mol. The van der Waals surface area contributed by atoms with Crippen LogP contribution < -0.4 is 19.3 Å². The Morgan fingerprint density at radius 3 is 2.08 bits per heavy atom. The van der Waals surface area contributed by atoms with Crippen LogP contribution in [-0.4, -0.2) is 16.2 Å². The Balaban J connectivity index is 1.13. The normalized spacial score (nSPS) is 15.3. The summed E-state index contributed by atoms with van der Waals surface area (Å²) in [6, 6.07) is 57.0. The van der Waals surface area contributed by atoms with Crippen molar-refractivity contribution in [3.63, 3.8) is 0 Å². The largest absolute Gasteiger partial charge is 0.457 e. The number of nitrogens with zero attached hydrogens (tertiary/aromatic N) is 4. The lowest BCUT2D eigenvalue weighted by atomic mass is 9.92. The summed E-state index contributed by atoms with van der Waals surface area (Å²) in [6.07, 6.45) is -0.0450. The third-order valence-corrected chi connectivity index (χ3v) is 12.6. The molecule has 6 heterocycles. The van der Waals surface area contributed by atoms with Gasteiger partial charge in [0.15, 0.2) is 0 Å². The van der Waals surface area contributed by atoms with Gasteiger partial charge in [0.25, 0.3) is 0 Å². The standard InChI is InChI=1S/C60H48N4O2/c1-38(2)32-42-33-59-61-36-52(42)41-25-28-44(29-26-41)65-57-23-12-8-17-49(57)51-19-13-18-50(46-15-6-5-14-39(46)3)60(51)63-37-62(54-21-10-11-22-55(54)63)43-27-24-40(4)58(34-43)66-45-30-31-48-47-16-7-9-20-53(47)64(59)56(48)35-45/h5-31,33-36,38H,32,37H2,1-4H3/i3D3,4D3,32D2. The third-order valence-electron chi connectivity index (χ3n) is 12.6. The summed E-state index contributed by atoms with van der Waals surface area (Å²) in [4.78, 5) is 9.34. The lowest BCUT2D eigenvalue weighted by Crippen LogP contribution is -2.25. The van der Waals surface area contributed by atoms with Gasteiger partial charge < -0.3 is 19.3 Å². The van der Waals surface area contributed by atoms with Gasteiger partial charge in [0.1, 0.15) is 35.5 Å². The molecule has 0 N–H and O–H groups in total. The zero-order valence-electron chi connectivity index (χ0n) is 44.3. The molecular weight excluding hydrogens is 809 g/mol. The van der Waals surface area contributed by atoms with Crippen LogP contribution in [0.15, 0.2) is 188 Å². The van der Waals surface area contributed by atoms with Crippen molar-refractivity contribution in [3.8, 4) is 62.2 Å². The Bertz CT molecular complexity index is 3850. The molecule has 0 fully saturated rings. The molecule has 6 heteroatoms. The van der Waals surface area contributed by atoms with E-state index in [9.17, 15) is 2.74 Å². The monoisotopic (exact) mass is 864 g/mol. The van der Waals surface area contributed by atoms with Gasteiger partial charge in [-0.05, 0) is 114 Å². The number of hydrogen-bond acceptors (Lipinski definition) is 5. The molecule has 0 aliphatic carbocycles. The molecule has 2 aromatic heterocycles. The number of aryl methyl sites for hydroxylation is 2. The molecule has 0 saturated heterocycles. The second-order valence-electron chi connectivity index (χ2n) is 17.1. The molecule has 0 atom stereocenters. The van der Waals surface area contributed by atoms with E-state index in [1.165, 1.54) is 0 Å². The van der Waals surface area contributed by atoms with Crippen LogP contribution in [0.2, 0.25) is 0 Å². The van der Waals surface area contributed by atoms with E-state index in [0.29, 0.717) is 51.0 Å². The highest BCUT2D eigenvalue weighted by molar-refractivity contribution is 6.09. The molecule has 0 radical (unpaired) electrons. The Morgan fingerprint density at radius 2 is 1.24 bits per heavy atom. The van der Waals surface area contributed by atoms with Gasteiger partial charge in [0, 0.05) is 68.0 Å². The summed E-state index contributed by atoms with van der Waals surface area (Å²) in [5, 5.41) is 1.86. The quantitative estimate of drug-likeness (QED) is 0.177. The van der Waals surface area contributed by atoms with Crippen LogP contribution >= 0.6 is 0 Å². The molecule has 0 unspecified atom stereocenters. The predicted octanol–water partition coefficient (Wildman–Crippen LogP) is 16.1. The molecule has 320 valence electrons. The van der Waals surface area contributed by atoms with Gasteiger partial charge >= 0.3 is 0 Å². The van der Waals surface area contributed by atoms with E-state index in [2.05, 4.69) is 9.80 Å². The summed E-state index contributed by atoms with van der Waals surface area (Å²) in [6.45, 7) is -0.972. The van der Waals surface area contributed by atoms with Crippen LogP contribution in [0.5, 0.6) is 23.0 Å². The number of para-hydroxylation sites is 5.